The van der Waals surface area contributed by atoms with E-state index in [9.17, 15) is 19.2 Å². The largest absolute Gasteiger partial charge is 0.463 e. The van der Waals surface area contributed by atoms with Gasteiger partial charge in [0.1, 0.15) is 26.4 Å². The van der Waals surface area contributed by atoms with E-state index in [0.717, 1.165) is 0 Å². The molecule has 0 fully saturated rings. The number of hydrogen-bond donors (Lipinski definition) is 2. The Morgan fingerprint density at radius 3 is 1.86 bits per heavy atom. The average Bonchev–Trinajstić information content (AvgIpc) is 2.75. The summed E-state index contributed by atoms with van der Waals surface area (Å²) in [5, 5.41) is 11.4. The Balaban J connectivity index is 4.92. The van der Waals surface area contributed by atoms with Crippen LogP contribution in [0.25, 0.3) is 0 Å². The SMILES string of the molecule is C=C(C)C(=O)OCCNC(=O)OCCOC(=O)C(C)(CC(C)(C)C)CC(C)(CC)C(=O)OCCO. The van der Waals surface area contributed by atoms with Gasteiger partial charge >= 0.3 is 24.0 Å². The van der Waals surface area contributed by atoms with Gasteiger partial charge in [-0.05, 0) is 45.4 Å². The second-order valence-electron chi connectivity index (χ2n) is 10.4. The van der Waals surface area contributed by atoms with Crippen LogP contribution < -0.4 is 5.32 Å². The number of nitrogens with one attached hydrogen (secondary N) is 1. The van der Waals surface area contributed by atoms with Crippen LogP contribution in [0.1, 0.15) is 67.7 Å². The number of alkyl carbamates (subject to hydrolysis) is 1. The van der Waals surface area contributed by atoms with Crippen molar-refractivity contribution in [2.45, 2.75) is 67.7 Å². The predicted octanol–water partition coefficient (Wildman–Crippen LogP) is 3.16. The van der Waals surface area contributed by atoms with Crippen LogP contribution in [-0.4, -0.2) is 68.7 Å². The molecule has 35 heavy (non-hydrogen) atoms. The van der Waals surface area contributed by atoms with Crippen molar-refractivity contribution in [2.75, 3.05) is 39.6 Å². The lowest BCUT2D eigenvalue weighted by molar-refractivity contribution is -0.167. The molecule has 2 atom stereocenters. The van der Waals surface area contributed by atoms with Crippen molar-refractivity contribution in [3.8, 4) is 0 Å². The van der Waals surface area contributed by atoms with E-state index in [1.165, 1.54) is 6.92 Å². The third kappa shape index (κ3) is 12.6. The topological polar surface area (TPSA) is 137 Å². The van der Waals surface area contributed by atoms with E-state index in [0.29, 0.717) is 12.8 Å². The molecule has 0 rings (SSSR count). The van der Waals surface area contributed by atoms with Crippen LogP contribution in [0.2, 0.25) is 0 Å². The summed E-state index contributed by atoms with van der Waals surface area (Å²) < 4.78 is 20.4. The van der Waals surface area contributed by atoms with Gasteiger partial charge < -0.3 is 29.4 Å². The zero-order valence-electron chi connectivity index (χ0n) is 22.3. The summed E-state index contributed by atoms with van der Waals surface area (Å²) in [5.74, 6) is -1.53. The third-order valence-electron chi connectivity index (χ3n) is 5.29. The fourth-order valence-corrected chi connectivity index (χ4v) is 3.81. The number of ether oxygens (including phenoxy) is 4. The highest BCUT2D eigenvalue weighted by Crippen LogP contribution is 2.45. The fourth-order valence-electron chi connectivity index (χ4n) is 3.81. The van der Waals surface area contributed by atoms with Gasteiger partial charge in [0.05, 0.1) is 24.0 Å². The zero-order chi connectivity index (χ0) is 27.3. The number of rotatable bonds is 15. The molecule has 0 aromatic heterocycles. The Bertz CT molecular complexity index is 744. The van der Waals surface area contributed by atoms with E-state index in [1.54, 1.807) is 13.8 Å². The van der Waals surface area contributed by atoms with E-state index in [4.69, 9.17) is 24.1 Å². The monoisotopic (exact) mass is 501 g/mol. The Labute approximate surface area is 208 Å². The molecular formula is C25H43NO9. The highest BCUT2D eigenvalue weighted by atomic mass is 16.6. The van der Waals surface area contributed by atoms with E-state index < -0.39 is 34.8 Å². The summed E-state index contributed by atoms with van der Waals surface area (Å²) in [6, 6.07) is 0. The number of hydrogen-bond acceptors (Lipinski definition) is 9. The minimum Gasteiger partial charge on any atom is -0.463 e. The van der Waals surface area contributed by atoms with Gasteiger partial charge in [-0.3, -0.25) is 9.59 Å². The standard InChI is InChI=1S/C25H43NO9/c1-9-24(7,20(29)33-13-11-27)17-25(8,16-23(4,5)6)21(30)34-14-15-35-22(31)26-10-12-32-19(28)18(2)3/h27H,2,9-17H2,1,3-8H3,(H,26,31). The zero-order valence-corrected chi connectivity index (χ0v) is 22.3. The van der Waals surface area contributed by atoms with Crippen LogP contribution in [0.15, 0.2) is 12.2 Å². The lowest BCUT2D eigenvalue weighted by atomic mass is 9.65. The summed E-state index contributed by atoms with van der Waals surface area (Å²) in [6.07, 6.45) is 0.345. The summed E-state index contributed by atoms with van der Waals surface area (Å²) in [4.78, 5) is 48.8. The van der Waals surface area contributed by atoms with Gasteiger partial charge in [-0.2, -0.15) is 0 Å². The molecule has 1 amide bonds. The first kappa shape index (κ1) is 32.4. The highest BCUT2D eigenvalue weighted by Gasteiger charge is 2.47. The molecule has 0 heterocycles. The molecule has 0 saturated heterocycles. The van der Waals surface area contributed by atoms with E-state index in [1.807, 2.05) is 27.7 Å². The van der Waals surface area contributed by atoms with Crippen molar-refractivity contribution in [1.82, 2.24) is 5.32 Å². The van der Waals surface area contributed by atoms with E-state index >= 15 is 0 Å². The maximum Gasteiger partial charge on any atom is 0.407 e. The van der Waals surface area contributed by atoms with Crippen LogP contribution in [0.5, 0.6) is 0 Å². The first-order valence-corrected chi connectivity index (χ1v) is 11.8. The molecular weight excluding hydrogens is 458 g/mol. The smallest absolute Gasteiger partial charge is 0.407 e. The first-order valence-electron chi connectivity index (χ1n) is 11.8. The van der Waals surface area contributed by atoms with Crippen molar-refractivity contribution < 1.29 is 43.2 Å². The molecule has 0 aliphatic rings. The number of aliphatic hydroxyl groups is 1. The number of esters is 3. The molecule has 202 valence electrons. The van der Waals surface area contributed by atoms with Crippen LogP contribution in [0.3, 0.4) is 0 Å². The number of aliphatic hydroxyl groups excluding tert-OH is 1. The predicted molar refractivity (Wildman–Crippen MR) is 129 cm³/mol. The number of amides is 1. The summed E-state index contributed by atoms with van der Waals surface area (Å²) >= 11 is 0. The minimum atomic E-state index is -1.00. The van der Waals surface area contributed by atoms with Crippen molar-refractivity contribution in [2.24, 2.45) is 16.2 Å². The fraction of sp³-hybridized carbons (Fsp3) is 0.760. The molecule has 2 unspecified atom stereocenters. The van der Waals surface area contributed by atoms with E-state index in [2.05, 4.69) is 11.9 Å². The van der Waals surface area contributed by atoms with Crippen molar-refractivity contribution in [1.29, 1.82) is 0 Å². The maximum atomic E-state index is 13.1. The van der Waals surface area contributed by atoms with Crippen LogP contribution in [0.4, 0.5) is 4.79 Å². The Kier molecular flexibility index (Phi) is 13.6. The van der Waals surface area contributed by atoms with Crippen LogP contribution in [0, 0.1) is 16.2 Å². The number of carbonyl (C=O) groups is 4. The van der Waals surface area contributed by atoms with Crippen molar-refractivity contribution in [3.63, 3.8) is 0 Å². The van der Waals surface area contributed by atoms with Gasteiger partial charge in [-0.25, -0.2) is 9.59 Å². The molecule has 0 saturated carbocycles. The van der Waals surface area contributed by atoms with Gasteiger partial charge in [-0.1, -0.05) is 34.3 Å². The quantitative estimate of drug-likeness (QED) is 0.150. The van der Waals surface area contributed by atoms with Gasteiger partial charge in [0.2, 0.25) is 0 Å². The molecule has 0 spiro atoms. The second kappa shape index (κ2) is 14.7. The first-order chi connectivity index (χ1) is 16.1. The molecule has 0 aliphatic heterocycles. The molecule has 0 aromatic rings. The number of carbonyl (C=O) groups excluding carboxylic acids is 4. The molecule has 10 nitrogen and oxygen atoms in total. The molecule has 10 heteroatoms. The normalized spacial score (nSPS) is 14.6. The van der Waals surface area contributed by atoms with Crippen LogP contribution >= 0.6 is 0 Å². The summed E-state index contributed by atoms with van der Waals surface area (Å²) in [5.41, 5.74) is -1.93. The highest BCUT2D eigenvalue weighted by molar-refractivity contribution is 5.86. The molecule has 0 radical (unpaired) electrons. The molecule has 0 aromatic carbocycles. The summed E-state index contributed by atoms with van der Waals surface area (Å²) in [7, 11) is 0. The Hall–Kier alpha value is -2.62. The lowest BCUT2D eigenvalue weighted by Crippen LogP contribution is -2.42. The van der Waals surface area contributed by atoms with Gasteiger partial charge in [0, 0.05) is 5.57 Å². The molecule has 0 bridgehead atoms. The Morgan fingerprint density at radius 2 is 1.34 bits per heavy atom. The molecule has 0 aliphatic carbocycles. The summed E-state index contributed by atoms with van der Waals surface area (Å²) in [6.45, 7) is 15.6. The Morgan fingerprint density at radius 1 is 0.800 bits per heavy atom. The third-order valence-corrected chi connectivity index (χ3v) is 5.29. The minimum absolute atomic E-state index is 0.0299. The molecule has 2 N–H and O–H groups in total. The van der Waals surface area contributed by atoms with Gasteiger partial charge in [0.15, 0.2) is 0 Å². The van der Waals surface area contributed by atoms with Crippen LogP contribution in [-0.2, 0) is 33.3 Å². The lowest BCUT2D eigenvalue weighted by Gasteiger charge is -2.39. The van der Waals surface area contributed by atoms with Gasteiger partial charge in [0.25, 0.3) is 0 Å². The van der Waals surface area contributed by atoms with E-state index in [-0.39, 0.29) is 57.0 Å². The van der Waals surface area contributed by atoms with Crippen molar-refractivity contribution in [3.05, 3.63) is 12.2 Å². The van der Waals surface area contributed by atoms with Crippen molar-refractivity contribution >= 4 is 24.0 Å². The maximum absolute atomic E-state index is 13.1. The van der Waals surface area contributed by atoms with Gasteiger partial charge in [-0.15, -0.1) is 0 Å². The second-order valence-corrected chi connectivity index (χ2v) is 10.4. The average molecular weight is 502 g/mol.